The van der Waals surface area contributed by atoms with Crippen molar-refractivity contribution in [1.82, 2.24) is 4.90 Å². The largest absolute Gasteiger partial charge is 0.305 e. The second-order valence-electron chi connectivity index (χ2n) is 5.70. The summed E-state index contributed by atoms with van der Waals surface area (Å²) in [6.07, 6.45) is 2.23. The molecular formula is C18H21N. The van der Waals surface area contributed by atoms with Gasteiger partial charge in [-0.05, 0) is 60.3 Å². The molecule has 0 saturated carbocycles. The first-order chi connectivity index (χ1) is 9.19. The molecule has 0 unspecified atom stereocenters. The van der Waals surface area contributed by atoms with E-state index in [-0.39, 0.29) is 0 Å². The minimum atomic E-state index is 1.02. The number of hydrogen-bond donors (Lipinski definition) is 0. The molecule has 1 aliphatic rings. The third-order valence-corrected chi connectivity index (χ3v) is 3.98. The van der Waals surface area contributed by atoms with E-state index < -0.39 is 0 Å². The van der Waals surface area contributed by atoms with Gasteiger partial charge in [0.05, 0.1) is 0 Å². The summed E-state index contributed by atoms with van der Waals surface area (Å²) in [5.41, 5.74) is 8.84. The molecule has 0 radical (unpaired) electrons. The lowest BCUT2D eigenvalue weighted by atomic mass is 10.00. The number of rotatable bonds is 3. The molecule has 0 aliphatic heterocycles. The van der Waals surface area contributed by atoms with E-state index in [0.717, 1.165) is 19.4 Å². The van der Waals surface area contributed by atoms with Crippen LogP contribution in [0.1, 0.15) is 29.2 Å². The fraction of sp³-hybridized carbons (Fsp3) is 0.333. The van der Waals surface area contributed by atoms with Crippen molar-refractivity contribution in [3.8, 4) is 11.1 Å². The molecule has 0 bridgehead atoms. The van der Waals surface area contributed by atoms with E-state index >= 15 is 0 Å². The molecule has 98 valence electrons. The van der Waals surface area contributed by atoms with Crippen LogP contribution in [0, 0.1) is 0 Å². The Balaban J connectivity index is 2.03. The summed E-state index contributed by atoms with van der Waals surface area (Å²) in [5.74, 6) is 0. The molecule has 0 spiro atoms. The van der Waals surface area contributed by atoms with Crippen molar-refractivity contribution in [1.29, 1.82) is 0 Å². The quantitative estimate of drug-likeness (QED) is 0.683. The lowest BCUT2D eigenvalue weighted by Crippen LogP contribution is -2.10. The summed E-state index contributed by atoms with van der Waals surface area (Å²) in [4.78, 5) is 2.22. The van der Waals surface area contributed by atoms with E-state index in [1.165, 1.54) is 27.8 Å². The Morgan fingerprint density at radius 1 is 1.05 bits per heavy atom. The molecular weight excluding hydrogens is 230 g/mol. The van der Waals surface area contributed by atoms with E-state index in [2.05, 4.69) is 62.3 Å². The third-order valence-electron chi connectivity index (χ3n) is 3.98. The first kappa shape index (κ1) is 12.4. The van der Waals surface area contributed by atoms with Gasteiger partial charge in [-0.15, -0.1) is 0 Å². The smallest absolute Gasteiger partial charge is 0.0227 e. The van der Waals surface area contributed by atoms with Crippen LogP contribution in [0.15, 0.2) is 36.4 Å². The molecule has 1 aliphatic carbocycles. The van der Waals surface area contributed by atoms with Crippen LogP contribution in [0.25, 0.3) is 11.1 Å². The summed E-state index contributed by atoms with van der Waals surface area (Å²) < 4.78 is 0. The Bertz CT molecular complexity index is 611. The van der Waals surface area contributed by atoms with E-state index in [1.54, 1.807) is 5.56 Å². The summed E-state index contributed by atoms with van der Waals surface area (Å²) in [6, 6.07) is 13.7. The zero-order valence-electron chi connectivity index (χ0n) is 12.0. The third kappa shape index (κ3) is 2.19. The summed E-state index contributed by atoms with van der Waals surface area (Å²) >= 11 is 0. The number of nitrogens with zero attached hydrogens (tertiary/aromatic N) is 1. The highest BCUT2D eigenvalue weighted by Gasteiger charge is 2.20. The van der Waals surface area contributed by atoms with Gasteiger partial charge in [-0.2, -0.15) is 0 Å². The van der Waals surface area contributed by atoms with E-state index in [9.17, 15) is 0 Å². The zero-order chi connectivity index (χ0) is 13.4. The average molecular weight is 251 g/mol. The van der Waals surface area contributed by atoms with Crippen LogP contribution >= 0.6 is 0 Å². The second-order valence-corrected chi connectivity index (χ2v) is 5.70. The predicted molar refractivity (Wildman–Crippen MR) is 81.5 cm³/mol. The molecule has 2 aromatic rings. The van der Waals surface area contributed by atoms with Gasteiger partial charge < -0.3 is 4.90 Å². The highest BCUT2D eigenvalue weighted by Crippen LogP contribution is 2.38. The number of aryl methyl sites for hydroxylation is 1. The molecule has 2 aromatic carbocycles. The van der Waals surface area contributed by atoms with Gasteiger partial charge in [-0.1, -0.05) is 43.3 Å². The average Bonchev–Trinajstić information content (AvgIpc) is 2.75. The zero-order valence-corrected chi connectivity index (χ0v) is 12.0. The van der Waals surface area contributed by atoms with Gasteiger partial charge in [0, 0.05) is 6.54 Å². The highest BCUT2D eigenvalue weighted by atomic mass is 15.0. The first-order valence-electron chi connectivity index (χ1n) is 7.06. The molecule has 3 rings (SSSR count). The first-order valence-corrected chi connectivity index (χ1v) is 7.06. The lowest BCUT2D eigenvalue weighted by Gasteiger charge is -2.11. The lowest BCUT2D eigenvalue weighted by molar-refractivity contribution is 0.402. The molecule has 0 atom stereocenters. The van der Waals surface area contributed by atoms with Crippen molar-refractivity contribution < 1.29 is 0 Å². The van der Waals surface area contributed by atoms with Crippen LogP contribution in [0.3, 0.4) is 0 Å². The van der Waals surface area contributed by atoms with Crippen molar-refractivity contribution in [3.05, 3.63) is 58.7 Å². The molecule has 0 fully saturated rings. The van der Waals surface area contributed by atoms with E-state index in [0.29, 0.717) is 0 Å². The SMILES string of the molecule is CCc1cccc2c1Cc1cc(CN(C)C)ccc1-2. The van der Waals surface area contributed by atoms with Crippen molar-refractivity contribution in [2.75, 3.05) is 14.1 Å². The van der Waals surface area contributed by atoms with Crippen molar-refractivity contribution in [3.63, 3.8) is 0 Å². The Morgan fingerprint density at radius 2 is 1.89 bits per heavy atom. The fourth-order valence-corrected chi connectivity index (χ4v) is 3.14. The molecule has 0 heterocycles. The van der Waals surface area contributed by atoms with Gasteiger partial charge >= 0.3 is 0 Å². The molecule has 0 N–H and O–H groups in total. The van der Waals surface area contributed by atoms with Crippen molar-refractivity contribution >= 4 is 0 Å². The minimum absolute atomic E-state index is 1.02. The molecule has 1 nitrogen and oxygen atoms in total. The molecule has 19 heavy (non-hydrogen) atoms. The maximum Gasteiger partial charge on any atom is 0.0227 e. The summed E-state index contributed by atoms with van der Waals surface area (Å²) in [7, 11) is 4.24. The maximum absolute atomic E-state index is 2.38. The van der Waals surface area contributed by atoms with Gasteiger partial charge in [-0.3, -0.25) is 0 Å². The van der Waals surface area contributed by atoms with Crippen LogP contribution in [0.5, 0.6) is 0 Å². The standard InChI is InChI=1S/C18H21N/c1-4-14-6-5-7-17-16-9-8-13(12-19(2)3)10-15(16)11-18(14)17/h5-10H,4,11-12H2,1-3H3. The summed E-state index contributed by atoms with van der Waals surface area (Å²) in [5, 5.41) is 0. The molecule has 0 aromatic heterocycles. The van der Waals surface area contributed by atoms with Crippen molar-refractivity contribution in [2.45, 2.75) is 26.3 Å². The van der Waals surface area contributed by atoms with Gasteiger partial charge in [0.1, 0.15) is 0 Å². The fourth-order valence-electron chi connectivity index (χ4n) is 3.14. The monoisotopic (exact) mass is 251 g/mol. The molecule has 1 heteroatoms. The number of benzene rings is 2. The number of hydrogen-bond acceptors (Lipinski definition) is 1. The van der Waals surface area contributed by atoms with Gasteiger partial charge in [0.15, 0.2) is 0 Å². The Kier molecular flexibility index (Phi) is 3.16. The highest BCUT2D eigenvalue weighted by molar-refractivity contribution is 5.78. The van der Waals surface area contributed by atoms with Crippen molar-refractivity contribution in [2.24, 2.45) is 0 Å². The van der Waals surface area contributed by atoms with Crippen LogP contribution in [0.4, 0.5) is 0 Å². The Hall–Kier alpha value is -1.60. The van der Waals surface area contributed by atoms with E-state index in [4.69, 9.17) is 0 Å². The topological polar surface area (TPSA) is 3.24 Å². The van der Waals surface area contributed by atoms with Gasteiger partial charge in [0.2, 0.25) is 0 Å². The normalized spacial score (nSPS) is 12.6. The van der Waals surface area contributed by atoms with E-state index in [1.807, 2.05) is 0 Å². The second kappa shape index (κ2) is 4.82. The van der Waals surface area contributed by atoms with Crippen LogP contribution in [-0.2, 0) is 19.4 Å². The minimum Gasteiger partial charge on any atom is -0.305 e. The van der Waals surface area contributed by atoms with Gasteiger partial charge in [-0.25, -0.2) is 0 Å². The Morgan fingerprint density at radius 3 is 2.63 bits per heavy atom. The maximum atomic E-state index is 2.38. The summed E-state index contributed by atoms with van der Waals surface area (Å²) in [6.45, 7) is 3.26. The van der Waals surface area contributed by atoms with Crippen LogP contribution < -0.4 is 0 Å². The van der Waals surface area contributed by atoms with Crippen LogP contribution in [0.2, 0.25) is 0 Å². The van der Waals surface area contributed by atoms with Gasteiger partial charge in [0.25, 0.3) is 0 Å². The Labute approximate surface area is 115 Å². The predicted octanol–water partition coefficient (Wildman–Crippen LogP) is 3.88. The molecule has 0 amide bonds. The van der Waals surface area contributed by atoms with Crippen LogP contribution in [-0.4, -0.2) is 19.0 Å². The number of fused-ring (bicyclic) bond motifs is 3. The molecule has 0 saturated heterocycles.